The van der Waals surface area contributed by atoms with Gasteiger partial charge in [-0.1, -0.05) is 6.07 Å². The van der Waals surface area contributed by atoms with Gasteiger partial charge in [-0.3, -0.25) is 4.79 Å². The fourth-order valence-electron chi connectivity index (χ4n) is 2.30. The Morgan fingerprint density at radius 3 is 2.41 bits per heavy atom. The summed E-state index contributed by atoms with van der Waals surface area (Å²) in [6, 6.07) is 7.85. The molecule has 2 aromatic rings. The first-order valence-electron chi connectivity index (χ1n) is 8.04. The summed E-state index contributed by atoms with van der Waals surface area (Å²) >= 11 is 0. The predicted molar refractivity (Wildman–Crippen MR) is 92.9 cm³/mol. The zero-order chi connectivity index (χ0) is 19.8. The molecule has 27 heavy (non-hydrogen) atoms. The zero-order valence-corrected chi connectivity index (χ0v) is 14.9. The largest absolute Gasteiger partial charge is 0.493 e. The number of halogens is 2. The summed E-state index contributed by atoms with van der Waals surface area (Å²) in [4.78, 5) is 23.5. The van der Waals surface area contributed by atoms with Gasteiger partial charge in [0.25, 0.3) is 5.91 Å². The topological polar surface area (TPSA) is 73.9 Å². The summed E-state index contributed by atoms with van der Waals surface area (Å²) in [5.74, 6) is -2.25. The highest BCUT2D eigenvalue weighted by molar-refractivity contribution is 5.91. The number of carbonyl (C=O) groups excluding carboxylic acids is 2. The summed E-state index contributed by atoms with van der Waals surface area (Å²) in [6.07, 6.45) is 0.520. The van der Waals surface area contributed by atoms with Crippen LogP contribution in [-0.2, 0) is 16.0 Å². The molecule has 144 valence electrons. The lowest BCUT2D eigenvalue weighted by atomic mass is 10.1. The summed E-state index contributed by atoms with van der Waals surface area (Å²) in [5.41, 5.74) is 0.479. The molecule has 1 N–H and O–H groups in total. The second kappa shape index (κ2) is 9.51. The first-order valence-corrected chi connectivity index (χ1v) is 8.04. The number of hydrogen-bond donors (Lipinski definition) is 1. The van der Waals surface area contributed by atoms with Crippen LogP contribution in [0.2, 0.25) is 0 Å². The van der Waals surface area contributed by atoms with Crippen LogP contribution in [0.4, 0.5) is 8.78 Å². The lowest BCUT2D eigenvalue weighted by Crippen LogP contribution is -2.30. The number of benzene rings is 2. The SMILES string of the molecule is COc1ccc(CCNC(=O)COC(=O)c2ccc(F)cc2F)cc1OC. The van der Waals surface area contributed by atoms with E-state index in [0.717, 1.165) is 17.7 Å². The third-order valence-electron chi connectivity index (χ3n) is 3.67. The maximum absolute atomic E-state index is 13.5. The summed E-state index contributed by atoms with van der Waals surface area (Å²) in [5, 5.41) is 2.59. The van der Waals surface area contributed by atoms with E-state index in [9.17, 15) is 18.4 Å². The lowest BCUT2D eigenvalue weighted by Gasteiger charge is -2.10. The fourth-order valence-corrected chi connectivity index (χ4v) is 2.30. The molecule has 0 unspecified atom stereocenters. The van der Waals surface area contributed by atoms with Gasteiger partial charge in [0.2, 0.25) is 0 Å². The molecule has 0 aromatic heterocycles. The summed E-state index contributed by atoms with van der Waals surface area (Å²) in [6.45, 7) is -0.266. The van der Waals surface area contributed by atoms with Gasteiger partial charge in [0.15, 0.2) is 18.1 Å². The Hall–Kier alpha value is -3.16. The molecule has 2 aromatic carbocycles. The standard InChI is InChI=1S/C19H19F2NO5/c1-25-16-6-3-12(9-17(16)26-2)7-8-22-18(23)11-27-19(24)14-5-4-13(20)10-15(14)21/h3-6,9-10H,7-8,11H2,1-2H3,(H,22,23). The Bertz CT molecular complexity index is 826. The molecular weight excluding hydrogens is 360 g/mol. The van der Waals surface area contributed by atoms with Crippen LogP contribution in [-0.4, -0.2) is 39.2 Å². The van der Waals surface area contributed by atoms with Crippen LogP contribution in [0.5, 0.6) is 11.5 Å². The van der Waals surface area contributed by atoms with Gasteiger partial charge in [-0.25, -0.2) is 13.6 Å². The number of hydrogen-bond acceptors (Lipinski definition) is 5. The maximum Gasteiger partial charge on any atom is 0.341 e. The molecule has 6 nitrogen and oxygen atoms in total. The van der Waals surface area contributed by atoms with E-state index in [1.807, 2.05) is 6.07 Å². The minimum Gasteiger partial charge on any atom is -0.493 e. The molecule has 0 aliphatic carbocycles. The minimum absolute atomic E-state index is 0.302. The van der Waals surface area contributed by atoms with E-state index in [1.54, 1.807) is 12.1 Å². The third-order valence-corrected chi connectivity index (χ3v) is 3.67. The first-order chi connectivity index (χ1) is 12.9. The number of ether oxygens (including phenoxy) is 3. The highest BCUT2D eigenvalue weighted by Crippen LogP contribution is 2.27. The van der Waals surface area contributed by atoms with Crippen molar-refractivity contribution in [2.45, 2.75) is 6.42 Å². The molecule has 0 heterocycles. The van der Waals surface area contributed by atoms with Crippen molar-refractivity contribution in [2.75, 3.05) is 27.4 Å². The van der Waals surface area contributed by atoms with Crippen molar-refractivity contribution in [3.63, 3.8) is 0 Å². The minimum atomic E-state index is -1.05. The molecule has 0 bridgehead atoms. The van der Waals surface area contributed by atoms with E-state index in [4.69, 9.17) is 14.2 Å². The Morgan fingerprint density at radius 2 is 1.74 bits per heavy atom. The van der Waals surface area contributed by atoms with Gasteiger partial charge in [-0.15, -0.1) is 0 Å². The van der Waals surface area contributed by atoms with E-state index < -0.39 is 35.7 Å². The van der Waals surface area contributed by atoms with Crippen LogP contribution in [0, 0.1) is 11.6 Å². The van der Waals surface area contributed by atoms with Crippen molar-refractivity contribution in [3.05, 3.63) is 59.2 Å². The quantitative estimate of drug-likeness (QED) is 0.714. The molecule has 1 amide bonds. The normalized spacial score (nSPS) is 10.2. The third kappa shape index (κ3) is 5.67. The Labute approximate surface area is 155 Å². The molecule has 0 spiro atoms. The maximum atomic E-state index is 13.5. The molecule has 8 heteroatoms. The molecule has 0 saturated heterocycles. The molecule has 0 aliphatic heterocycles. The first kappa shape index (κ1) is 20.2. The van der Waals surface area contributed by atoms with Gasteiger partial charge in [0, 0.05) is 12.6 Å². The van der Waals surface area contributed by atoms with E-state index in [2.05, 4.69) is 5.32 Å². The van der Waals surface area contributed by atoms with Gasteiger partial charge < -0.3 is 19.5 Å². The van der Waals surface area contributed by atoms with Crippen LogP contribution >= 0.6 is 0 Å². The van der Waals surface area contributed by atoms with E-state index in [0.29, 0.717) is 30.5 Å². The second-order valence-electron chi connectivity index (χ2n) is 5.49. The molecular formula is C19H19F2NO5. The van der Waals surface area contributed by atoms with Gasteiger partial charge in [-0.2, -0.15) is 0 Å². The van der Waals surface area contributed by atoms with Crippen LogP contribution in [0.15, 0.2) is 36.4 Å². The van der Waals surface area contributed by atoms with Crippen molar-refractivity contribution in [3.8, 4) is 11.5 Å². The van der Waals surface area contributed by atoms with Crippen molar-refractivity contribution in [1.82, 2.24) is 5.32 Å². The van der Waals surface area contributed by atoms with E-state index in [-0.39, 0.29) is 0 Å². The van der Waals surface area contributed by atoms with Crippen molar-refractivity contribution in [1.29, 1.82) is 0 Å². The molecule has 0 saturated carbocycles. The Balaban J connectivity index is 1.78. The number of carbonyl (C=O) groups is 2. The van der Waals surface area contributed by atoms with Crippen LogP contribution in [0.1, 0.15) is 15.9 Å². The molecule has 0 radical (unpaired) electrons. The monoisotopic (exact) mass is 379 g/mol. The van der Waals surface area contributed by atoms with Crippen molar-refractivity contribution < 1.29 is 32.6 Å². The fraction of sp³-hybridized carbons (Fsp3) is 0.263. The van der Waals surface area contributed by atoms with Gasteiger partial charge in [-0.05, 0) is 36.2 Å². The number of amides is 1. The lowest BCUT2D eigenvalue weighted by molar-refractivity contribution is -0.124. The Kier molecular flexibility index (Phi) is 7.10. The molecule has 0 aliphatic rings. The average molecular weight is 379 g/mol. The number of esters is 1. The van der Waals surface area contributed by atoms with Crippen LogP contribution in [0.25, 0.3) is 0 Å². The number of rotatable bonds is 8. The van der Waals surface area contributed by atoms with Gasteiger partial charge in [0.05, 0.1) is 19.8 Å². The van der Waals surface area contributed by atoms with Crippen molar-refractivity contribution >= 4 is 11.9 Å². The predicted octanol–water partition coefficient (Wildman–Crippen LogP) is 2.50. The molecule has 2 rings (SSSR count). The smallest absolute Gasteiger partial charge is 0.341 e. The summed E-state index contributed by atoms with van der Waals surface area (Å²) in [7, 11) is 3.07. The number of methoxy groups -OCH3 is 2. The van der Waals surface area contributed by atoms with Crippen LogP contribution < -0.4 is 14.8 Å². The summed E-state index contributed by atoms with van der Waals surface area (Å²) < 4.78 is 41.4. The molecule has 0 atom stereocenters. The molecule has 0 fully saturated rings. The van der Waals surface area contributed by atoms with Crippen molar-refractivity contribution in [2.24, 2.45) is 0 Å². The van der Waals surface area contributed by atoms with Gasteiger partial charge in [0.1, 0.15) is 11.6 Å². The van der Waals surface area contributed by atoms with Crippen LogP contribution in [0.3, 0.4) is 0 Å². The van der Waals surface area contributed by atoms with Gasteiger partial charge >= 0.3 is 5.97 Å². The highest BCUT2D eigenvalue weighted by Gasteiger charge is 2.15. The second-order valence-corrected chi connectivity index (χ2v) is 5.49. The highest BCUT2D eigenvalue weighted by atomic mass is 19.1. The zero-order valence-electron chi connectivity index (χ0n) is 14.9. The average Bonchev–Trinajstić information content (AvgIpc) is 2.66. The number of nitrogens with one attached hydrogen (secondary N) is 1. The van der Waals surface area contributed by atoms with E-state index in [1.165, 1.54) is 14.2 Å². The Morgan fingerprint density at radius 1 is 1.00 bits per heavy atom. The van der Waals surface area contributed by atoms with E-state index >= 15 is 0 Å².